The van der Waals surface area contributed by atoms with Crippen LogP contribution < -0.4 is 5.73 Å². The van der Waals surface area contributed by atoms with Crippen molar-refractivity contribution in [2.24, 2.45) is 11.7 Å². The largest absolute Gasteiger partial charge is 0.464 e. The van der Waals surface area contributed by atoms with E-state index in [1.807, 2.05) is 0 Å². The number of likely N-dealkylation sites (N-methyl/N-ethyl adjacent to an activating group) is 1. The topological polar surface area (TPSA) is 42.4 Å². The van der Waals surface area contributed by atoms with Crippen LogP contribution in [0.15, 0.2) is 16.5 Å². The molecule has 2 aliphatic rings. The second kappa shape index (κ2) is 4.14. The number of rotatable bonds is 5. The van der Waals surface area contributed by atoms with E-state index in [4.69, 9.17) is 10.2 Å². The average Bonchev–Trinajstić information content (AvgIpc) is 3.22. The molecule has 0 aromatic carbocycles. The fourth-order valence-corrected chi connectivity index (χ4v) is 2.68. The SMILES string of the molecule is CC1CC1c1ccc(C(CN)N(C)C2CC2)o1. The lowest BCUT2D eigenvalue weighted by atomic mass is 10.2. The Morgan fingerprint density at radius 1 is 1.47 bits per heavy atom. The summed E-state index contributed by atoms with van der Waals surface area (Å²) in [6, 6.07) is 5.24. The molecule has 17 heavy (non-hydrogen) atoms. The summed E-state index contributed by atoms with van der Waals surface area (Å²) in [5.41, 5.74) is 5.90. The van der Waals surface area contributed by atoms with E-state index in [2.05, 4.69) is 31.0 Å². The minimum absolute atomic E-state index is 0.255. The molecule has 3 nitrogen and oxygen atoms in total. The van der Waals surface area contributed by atoms with Crippen molar-refractivity contribution in [3.05, 3.63) is 23.7 Å². The highest BCUT2D eigenvalue weighted by Crippen LogP contribution is 2.48. The molecule has 0 spiro atoms. The molecule has 3 rings (SSSR count). The van der Waals surface area contributed by atoms with Crippen LogP contribution in [0.25, 0.3) is 0 Å². The maximum absolute atomic E-state index is 6.01. The van der Waals surface area contributed by atoms with Crippen LogP contribution in [0.5, 0.6) is 0 Å². The van der Waals surface area contributed by atoms with Gasteiger partial charge in [0, 0.05) is 18.5 Å². The molecule has 0 radical (unpaired) electrons. The predicted molar refractivity (Wildman–Crippen MR) is 67.8 cm³/mol. The van der Waals surface area contributed by atoms with Gasteiger partial charge < -0.3 is 10.2 Å². The Kier molecular flexibility index (Phi) is 2.75. The van der Waals surface area contributed by atoms with E-state index in [-0.39, 0.29) is 6.04 Å². The third kappa shape index (κ3) is 2.14. The Hall–Kier alpha value is -0.800. The third-order valence-electron chi connectivity index (χ3n) is 4.29. The van der Waals surface area contributed by atoms with Crippen molar-refractivity contribution in [2.45, 2.75) is 44.2 Å². The molecule has 2 saturated carbocycles. The first kappa shape index (κ1) is 11.3. The molecule has 1 aromatic rings. The zero-order valence-corrected chi connectivity index (χ0v) is 10.7. The summed E-state index contributed by atoms with van der Waals surface area (Å²) < 4.78 is 6.01. The molecule has 2 aliphatic carbocycles. The van der Waals surface area contributed by atoms with Gasteiger partial charge in [0.25, 0.3) is 0 Å². The number of hydrogen-bond donors (Lipinski definition) is 1. The van der Waals surface area contributed by atoms with E-state index < -0.39 is 0 Å². The minimum Gasteiger partial charge on any atom is -0.464 e. The van der Waals surface area contributed by atoms with Crippen LogP contribution in [-0.2, 0) is 0 Å². The first-order chi connectivity index (χ1) is 8.20. The van der Waals surface area contributed by atoms with Crippen molar-refractivity contribution < 1.29 is 4.42 Å². The van der Waals surface area contributed by atoms with Gasteiger partial charge >= 0.3 is 0 Å². The van der Waals surface area contributed by atoms with Crippen molar-refractivity contribution in [2.75, 3.05) is 13.6 Å². The van der Waals surface area contributed by atoms with Crippen LogP contribution in [-0.4, -0.2) is 24.5 Å². The zero-order chi connectivity index (χ0) is 12.0. The van der Waals surface area contributed by atoms with Crippen molar-refractivity contribution >= 4 is 0 Å². The average molecular weight is 234 g/mol. The second-order valence-corrected chi connectivity index (χ2v) is 5.71. The van der Waals surface area contributed by atoms with Gasteiger partial charge in [0.2, 0.25) is 0 Å². The van der Waals surface area contributed by atoms with Crippen molar-refractivity contribution in [1.82, 2.24) is 4.90 Å². The summed E-state index contributed by atoms with van der Waals surface area (Å²) >= 11 is 0. The quantitative estimate of drug-likeness (QED) is 0.851. The van der Waals surface area contributed by atoms with E-state index in [0.29, 0.717) is 12.5 Å². The molecular formula is C14H22N2O. The monoisotopic (exact) mass is 234 g/mol. The number of nitrogens with zero attached hydrogens (tertiary/aromatic N) is 1. The third-order valence-corrected chi connectivity index (χ3v) is 4.29. The van der Waals surface area contributed by atoms with E-state index in [1.165, 1.54) is 19.3 Å². The molecular weight excluding hydrogens is 212 g/mol. The number of nitrogens with two attached hydrogens (primary N) is 1. The van der Waals surface area contributed by atoms with Crippen LogP contribution in [0.2, 0.25) is 0 Å². The Bertz CT molecular complexity index is 397. The molecule has 1 aromatic heterocycles. The molecule has 1 heterocycles. The van der Waals surface area contributed by atoms with Gasteiger partial charge in [-0.1, -0.05) is 6.92 Å². The summed E-state index contributed by atoms with van der Waals surface area (Å²) in [6.45, 7) is 2.92. The van der Waals surface area contributed by atoms with Gasteiger partial charge in [-0.3, -0.25) is 4.90 Å². The van der Waals surface area contributed by atoms with Crippen LogP contribution in [0, 0.1) is 5.92 Å². The molecule has 94 valence electrons. The molecule has 0 amide bonds. The lowest BCUT2D eigenvalue weighted by Gasteiger charge is -2.24. The van der Waals surface area contributed by atoms with Crippen LogP contribution >= 0.6 is 0 Å². The molecule has 0 saturated heterocycles. The molecule has 2 fully saturated rings. The summed E-state index contributed by atoms with van der Waals surface area (Å²) in [5.74, 6) is 3.67. The van der Waals surface area contributed by atoms with Gasteiger partial charge in [-0.15, -0.1) is 0 Å². The highest BCUT2D eigenvalue weighted by molar-refractivity contribution is 5.19. The van der Waals surface area contributed by atoms with Gasteiger partial charge in [0.1, 0.15) is 11.5 Å². The fraction of sp³-hybridized carbons (Fsp3) is 0.714. The molecule has 0 aliphatic heterocycles. The Morgan fingerprint density at radius 3 is 2.71 bits per heavy atom. The van der Waals surface area contributed by atoms with Gasteiger partial charge in [-0.2, -0.15) is 0 Å². The maximum Gasteiger partial charge on any atom is 0.122 e. The lowest BCUT2D eigenvalue weighted by molar-refractivity contribution is 0.208. The van der Waals surface area contributed by atoms with Crippen LogP contribution in [0.1, 0.15) is 49.7 Å². The van der Waals surface area contributed by atoms with Gasteiger partial charge in [-0.25, -0.2) is 0 Å². The van der Waals surface area contributed by atoms with Gasteiger partial charge in [0.05, 0.1) is 6.04 Å². The normalized spacial score (nSPS) is 29.6. The number of furan rings is 1. The highest BCUT2D eigenvalue weighted by Gasteiger charge is 2.38. The van der Waals surface area contributed by atoms with Crippen LogP contribution in [0.4, 0.5) is 0 Å². The summed E-state index contributed by atoms with van der Waals surface area (Å²) in [6.07, 6.45) is 3.89. The first-order valence-corrected chi connectivity index (χ1v) is 6.72. The van der Waals surface area contributed by atoms with Crippen molar-refractivity contribution in [3.63, 3.8) is 0 Å². The zero-order valence-electron chi connectivity index (χ0n) is 10.7. The predicted octanol–water partition coefficient (Wildman–Crippen LogP) is 2.50. The van der Waals surface area contributed by atoms with E-state index >= 15 is 0 Å². The molecule has 3 heteroatoms. The highest BCUT2D eigenvalue weighted by atomic mass is 16.3. The van der Waals surface area contributed by atoms with E-state index in [1.54, 1.807) is 0 Å². The van der Waals surface area contributed by atoms with Crippen LogP contribution in [0.3, 0.4) is 0 Å². The lowest BCUT2D eigenvalue weighted by Crippen LogP contribution is -2.31. The summed E-state index contributed by atoms with van der Waals surface area (Å²) in [7, 11) is 2.16. The number of hydrogen-bond acceptors (Lipinski definition) is 3. The van der Waals surface area contributed by atoms with E-state index in [9.17, 15) is 0 Å². The fourth-order valence-electron chi connectivity index (χ4n) is 2.68. The molecule has 3 unspecified atom stereocenters. The summed E-state index contributed by atoms with van der Waals surface area (Å²) in [4.78, 5) is 2.37. The van der Waals surface area contributed by atoms with Gasteiger partial charge in [0.15, 0.2) is 0 Å². The Balaban J connectivity index is 1.74. The Labute approximate surface area is 103 Å². The van der Waals surface area contributed by atoms with Crippen molar-refractivity contribution in [1.29, 1.82) is 0 Å². The first-order valence-electron chi connectivity index (χ1n) is 6.72. The van der Waals surface area contributed by atoms with Crippen molar-refractivity contribution in [3.8, 4) is 0 Å². The smallest absolute Gasteiger partial charge is 0.122 e. The standard InChI is InChI=1S/C14H22N2O/c1-9-7-11(9)13-5-6-14(17-13)12(8-15)16(2)10-3-4-10/h5-6,9-12H,3-4,7-8,15H2,1-2H3. The molecule has 3 atom stereocenters. The van der Waals surface area contributed by atoms with E-state index in [0.717, 1.165) is 23.5 Å². The van der Waals surface area contributed by atoms with Gasteiger partial charge in [-0.05, 0) is 44.4 Å². The Morgan fingerprint density at radius 2 is 2.18 bits per heavy atom. The second-order valence-electron chi connectivity index (χ2n) is 5.71. The molecule has 0 bridgehead atoms. The maximum atomic E-state index is 6.01. The molecule has 2 N–H and O–H groups in total. The summed E-state index contributed by atoms with van der Waals surface area (Å²) in [5, 5.41) is 0. The minimum atomic E-state index is 0.255.